The molecule has 0 aliphatic carbocycles. The molecule has 1 N–H and O–H groups in total. The largest absolute Gasteiger partial charge is 0.504 e. The van der Waals surface area contributed by atoms with Gasteiger partial charge in [0.05, 0.1) is 25.3 Å². The van der Waals surface area contributed by atoms with Crippen molar-refractivity contribution in [3.05, 3.63) is 114 Å². The van der Waals surface area contributed by atoms with Gasteiger partial charge in [0, 0.05) is 10.8 Å². The van der Waals surface area contributed by atoms with Gasteiger partial charge in [-0.1, -0.05) is 66.7 Å². The number of carbonyl (C=O) groups is 1. The molecule has 1 aromatic heterocycles. The van der Waals surface area contributed by atoms with Crippen LogP contribution >= 0.6 is 0 Å². The van der Waals surface area contributed by atoms with E-state index in [4.69, 9.17) is 14.5 Å². The molecule has 0 unspecified atom stereocenters. The number of pyridine rings is 1. The number of allylic oxidation sites excluding steroid dienone is 1. The van der Waals surface area contributed by atoms with Crippen molar-refractivity contribution in [2.24, 2.45) is 0 Å². The van der Waals surface area contributed by atoms with Crippen LogP contribution in [0.5, 0.6) is 11.5 Å². The number of nitrogens with zero attached hydrogens (tertiary/aromatic N) is 1. The zero-order valence-electron chi connectivity index (χ0n) is 19.3. The number of ether oxygens (including phenoxy) is 2. The van der Waals surface area contributed by atoms with Gasteiger partial charge in [-0.3, -0.25) is 0 Å². The molecule has 0 atom stereocenters. The molecule has 4 aromatic rings. The molecule has 0 amide bonds. The Labute approximate surface area is 199 Å². The highest BCUT2D eigenvalue weighted by Gasteiger charge is 2.26. The van der Waals surface area contributed by atoms with Crippen LogP contribution in [0, 0.1) is 0 Å². The summed E-state index contributed by atoms with van der Waals surface area (Å²) in [7, 11) is 1.50. The molecule has 1 heterocycles. The Morgan fingerprint density at radius 1 is 1.06 bits per heavy atom. The molecule has 5 nitrogen and oxygen atoms in total. The first kappa shape index (κ1) is 23.1. The van der Waals surface area contributed by atoms with E-state index in [0.717, 1.165) is 22.1 Å². The summed E-state index contributed by atoms with van der Waals surface area (Å²) in [6, 6.07) is 23.4. The lowest BCUT2D eigenvalue weighted by molar-refractivity contribution is 0.0519. The number of hydrogen-bond acceptors (Lipinski definition) is 5. The molecule has 0 aliphatic rings. The van der Waals surface area contributed by atoms with E-state index < -0.39 is 5.97 Å². The van der Waals surface area contributed by atoms with Crippen molar-refractivity contribution in [2.75, 3.05) is 13.7 Å². The fourth-order valence-corrected chi connectivity index (χ4v) is 4.31. The summed E-state index contributed by atoms with van der Waals surface area (Å²) < 4.78 is 10.7. The minimum Gasteiger partial charge on any atom is -0.504 e. The second kappa shape index (κ2) is 10.2. The number of hydrogen-bond donors (Lipinski definition) is 1. The Kier molecular flexibility index (Phi) is 6.93. The number of methoxy groups -OCH3 is 1. The molecule has 4 rings (SSSR count). The van der Waals surface area contributed by atoms with Gasteiger partial charge in [-0.2, -0.15) is 0 Å². The first-order valence-corrected chi connectivity index (χ1v) is 11.2. The van der Waals surface area contributed by atoms with Crippen LogP contribution in [0.1, 0.15) is 45.7 Å². The van der Waals surface area contributed by atoms with Gasteiger partial charge in [-0.15, -0.1) is 6.58 Å². The van der Waals surface area contributed by atoms with E-state index in [0.29, 0.717) is 23.3 Å². The molecule has 0 saturated carbocycles. The number of phenols is 1. The minimum atomic E-state index is -0.544. The second-order valence-corrected chi connectivity index (χ2v) is 7.87. The first-order valence-electron chi connectivity index (χ1n) is 11.2. The average Bonchev–Trinajstić information content (AvgIpc) is 2.87. The maximum atomic E-state index is 12.8. The van der Waals surface area contributed by atoms with Crippen molar-refractivity contribution in [2.45, 2.75) is 19.3 Å². The molecule has 0 saturated heterocycles. The smallest absolute Gasteiger partial charge is 0.356 e. The Morgan fingerprint density at radius 3 is 2.21 bits per heavy atom. The number of benzene rings is 3. The molecule has 34 heavy (non-hydrogen) atoms. The molecular weight excluding hydrogens is 426 g/mol. The van der Waals surface area contributed by atoms with Gasteiger partial charge in [-0.05, 0) is 42.2 Å². The van der Waals surface area contributed by atoms with E-state index in [1.54, 1.807) is 19.1 Å². The van der Waals surface area contributed by atoms with Crippen molar-refractivity contribution in [1.82, 2.24) is 4.98 Å². The van der Waals surface area contributed by atoms with E-state index >= 15 is 0 Å². The number of aromatic hydroxyl groups is 1. The van der Waals surface area contributed by atoms with Gasteiger partial charge in [0.1, 0.15) is 5.69 Å². The predicted molar refractivity (Wildman–Crippen MR) is 134 cm³/mol. The minimum absolute atomic E-state index is 0.0422. The predicted octanol–water partition coefficient (Wildman–Crippen LogP) is 6.03. The summed E-state index contributed by atoms with van der Waals surface area (Å²) >= 11 is 0. The topological polar surface area (TPSA) is 68.7 Å². The van der Waals surface area contributed by atoms with Crippen molar-refractivity contribution in [3.8, 4) is 11.5 Å². The second-order valence-electron chi connectivity index (χ2n) is 7.87. The van der Waals surface area contributed by atoms with Crippen LogP contribution in [0.2, 0.25) is 0 Å². The molecule has 0 aliphatic heterocycles. The lowest BCUT2D eigenvalue weighted by Crippen LogP contribution is -2.13. The maximum Gasteiger partial charge on any atom is 0.356 e. The molecule has 0 radical (unpaired) electrons. The van der Waals surface area contributed by atoms with E-state index in [1.165, 1.54) is 7.11 Å². The third-order valence-electron chi connectivity index (χ3n) is 5.77. The monoisotopic (exact) mass is 453 g/mol. The van der Waals surface area contributed by atoms with E-state index in [2.05, 4.69) is 6.58 Å². The normalized spacial score (nSPS) is 10.9. The van der Waals surface area contributed by atoms with Crippen molar-refractivity contribution in [3.63, 3.8) is 0 Å². The SMILES string of the molecule is C=CCc1cc(OC)c(O)c2cc(C(=O)OCC)nc(C(c3ccccc3)c3ccccc3)c12. The van der Waals surface area contributed by atoms with Crippen molar-refractivity contribution < 1.29 is 19.4 Å². The Bertz CT molecular complexity index is 1280. The highest BCUT2D eigenvalue weighted by Crippen LogP contribution is 2.43. The summed E-state index contributed by atoms with van der Waals surface area (Å²) in [6.07, 6.45) is 2.34. The number of carbonyl (C=O) groups excluding carboxylic acids is 1. The van der Waals surface area contributed by atoms with Crippen LogP contribution in [0.15, 0.2) is 85.5 Å². The van der Waals surface area contributed by atoms with E-state index in [1.807, 2.05) is 66.7 Å². The highest BCUT2D eigenvalue weighted by atomic mass is 16.5. The van der Waals surface area contributed by atoms with Gasteiger partial charge in [0.15, 0.2) is 11.5 Å². The van der Waals surface area contributed by atoms with Gasteiger partial charge < -0.3 is 14.6 Å². The van der Waals surface area contributed by atoms with Crippen LogP contribution in [0.4, 0.5) is 0 Å². The van der Waals surface area contributed by atoms with Crippen molar-refractivity contribution >= 4 is 16.7 Å². The fraction of sp³-hybridized carbons (Fsp3) is 0.172. The maximum absolute atomic E-state index is 12.8. The van der Waals surface area contributed by atoms with Gasteiger partial charge >= 0.3 is 5.97 Å². The number of esters is 1. The highest BCUT2D eigenvalue weighted by molar-refractivity contribution is 6.00. The number of rotatable bonds is 8. The lowest BCUT2D eigenvalue weighted by Gasteiger charge is -2.23. The van der Waals surface area contributed by atoms with E-state index in [9.17, 15) is 9.90 Å². The number of fused-ring (bicyclic) bond motifs is 1. The van der Waals surface area contributed by atoms with Gasteiger partial charge in [0.25, 0.3) is 0 Å². The zero-order chi connectivity index (χ0) is 24.1. The van der Waals surface area contributed by atoms with Crippen LogP contribution in [0.3, 0.4) is 0 Å². The number of phenolic OH excluding ortho intramolecular Hbond substituents is 1. The van der Waals surface area contributed by atoms with Gasteiger partial charge in [-0.25, -0.2) is 9.78 Å². The summed E-state index contributed by atoms with van der Waals surface area (Å²) in [5.41, 5.74) is 3.73. The summed E-state index contributed by atoms with van der Waals surface area (Å²) in [4.78, 5) is 17.7. The molecular formula is C29H27NO4. The Morgan fingerprint density at radius 2 is 1.68 bits per heavy atom. The first-order chi connectivity index (χ1) is 16.6. The van der Waals surface area contributed by atoms with Crippen molar-refractivity contribution in [1.29, 1.82) is 0 Å². The van der Waals surface area contributed by atoms with Gasteiger partial charge in [0.2, 0.25) is 0 Å². The summed E-state index contributed by atoms with van der Waals surface area (Å²) in [5.74, 6) is -0.541. The van der Waals surface area contributed by atoms with Crippen LogP contribution in [-0.4, -0.2) is 29.8 Å². The zero-order valence-corrected chi connectivity index (χ0v) is 19.3. The summed E-state index contributed by atoms with van der Waals surface area (Å²) in [6.45, 7) is 5.88. The Hall–Kier alpha value is -4.12. The third kappa shape index (κ3) is 4.37. The average molecular weight is 454 g/mol. The van der Waals surface area contributed by atoms with E-state index in [-0.39, 0.29) is 24.0 Å². The molecule has 0 fully saturated rings. The Balaban J connectivity index is 2.14. The third-order valence-corrected chi connectivity index (χ3v) is 5.77. The standard InChI is InChI=1S/C29H27NO4/c1-4-12-21-17-24(33-3)28(31)22-18-23(29(32)34-5-2)30-27(26(21)22)25(19-13-8-6-9-14-19)20-15-10-7-11-16-20/h4,6-11,13-18,25,31H,1,5,12H2,2-3H3. The molecule has 5 heteroatoms. The molecule has 0 spiro atoms. The quantitative estimate of drug-likeness (QED) is 0.260. The van der Waals surface area contributed by atoms with Crippen LogP contribution in [-0.2, 0) is 11.2 Å². The molecule has 0 bridgehead atoms. The number of aromatic nitrogens is 1. The molecule has 172 valence electrons. The molecule has 3 aromatic carbocycles. The van der Waals surface area contributed by atoms with Crippen LogP contribution < -0.4 is 4.74 Å². The summed E-state index contributed by atoms with van der Waals surface area (Å²) in [5, 5.41) is 12.3. The van der Waals surface area contributed by atoms with Crippen LogP contribution in [0.25, 0.3) is 10.8 Å². The fourth-order valence-electron chi connectivity index (χ4n) is 4.31. The lowest BCUT2D eigenvalue weighted by atomic mass is 9.84.